The lowest BCUT2D eigenvalue weighted by molar-refractivity contribution is -0.131. The number of aliphatic hydroxyl groups excluding tert-OH is 1. The van der Waals surface area contributed by atoms with Crippen LogP contribution in [0.4, 0.5) is 5.69 Å². The van der Waals surface area contributed by atoms with Gasteiger partial charge in [0.25, 0.3) is 5.91 Å². The molecular weight excluding hydrogens is 440 g/mol. The number of phenols is 1. The van der Waals surface area contributed by atoms with Gasteiger partial charge >= 0.3 is 0 Å². The first-order valence-corrected chi connectivity index (χ1v) is 11.0. The fourth-order valence-electron chi connectivity index (χ4n) is 4.36. The molecule has 2 N–H and O–H groups in total. The second-order valence-corrected chi connectivity index (χ2v) is 8.72. The second kappa shape index (κ2) is 9.25. The highest BCUT2D eigenvalue weighted by Crippen LogP contribution is 2.40. The van der Waals surface area contributed by atoms with E-state index in [4.69, 9.17) is 11.6 Å². The molecule has 0 bridgehead atoms. The maximum Gasteiger partial charge on any atom is 0.252 e. The van der Waals surface area contributed by atoms with Crippen molar-refractivity contribution in [3.8, 4) is 16.9 Å². The quantitative estimate of drug-likeness (QED) is 0.537. The van der Waals surface area contributed by atoms with Crippen LogP contribution in [0.25, 0.3) is 21.9 Å². The highest BCUT2D eigenvalue weighted by atomic mass is 35.5. The van der Waals surface area contributed by atoms with E-state index in [0.717, 1.165) is 27.5 Å². The summed E-state index contributed by atoms with van der Waals surface area (Å²) in [6, 6.07) is 14.7. The van der Waals surface area contributed by atoms with Gasteiger partial charge < -0.3 is 20.0 Å². The summed E-state index contributed by atoms with van der Waals surface area (Å²) in [5, 5.41) is 22.1. The van der Waals surface area contributed by atoms with E-state index >= 15 is 0 Å². The maximum atomic E-state index is 12.6. The zero-order chi connectivity index (χ0) is 23.7. The van der Waals surface area contributed by atoms with E-state index in [2.05, 4.69) is 6.58 Å². The molecule has 1 heterocycles. The summed E-state index contributed by atoms with van der Waals surface area (Å²) in [5.41, 5.74) is 2.96. The molecule has 4 rings (SSSR count). The molecule has 3 aromatic rings. The highest BCUT2D eigenvalue weighted by molar-refractivity contribution is 6.34. The number of carbonyl (C=O) groups is 2. The third-order valence-electron chi connectivity index (χ3n) is 6.03. The molecule has 0 unspecified atom stereocenters. The van der Waals surface area contributed by atoms with Crippen molar-refractivity contribution in [2.24, 2.45) is 5.92 Å². The zero-order valence-corrected chi connectivity index (χ0v) is 19.0. The van der Waals surface area contributed by atoms with Crippen LogP contribution in [0.2, 0.25) is 5.02 Å². The summed E-state index contributed by atoms with van der Waals surface area (Å²) in [6.45, 7) is 6.18. The van der Waals surface area contributed by atoms with E-state index in [1.165, 1.54) is 11.0 Å². The number of hydrogen-bond acceptors (Lipinski definition) is 4. The van der Waals surface area contributed by atoms with Crippen molar-refractivity contribution in [1.29, 1.82) is 0 Å². The molecule has 0 atom stereocenters. The fourth-order valence-corrected chi connectivity index (χ4v) is 4.62. The smallest absolute Gasteiger partial charge is 0.252 e. The number of phenolic OH excluding ortho intramolecular Hbond substituents is 1. The predicted octanol–water partition coefficient (Wildman–Crippen LogP) is 4.14. The Kier molecular flexibility index (Phi) is 6.40. The summed E-state index contributed by atoms with van der Waals surface area (Å²) in [6.07, 6.45) is 1.28. The molecule has 3 aromatic carbocycles. The van der Waals surface area contributed by atoms with Crippen LogP contribution in [0.3, 0.4) is 0 Å². The summed E-state index contributed by atoms with van der Waals surface area (Å²) < 4.78 is 0. The molecule has 2 amide bonds. The van der Waals surface area contributed by atoms with Crippen molar-refractivity contribution in [1.82, 2.24) is 4.90 Å². The van der Waals surface area contributed by atoms with E-state index in [1.54, 1.807) is 23.1 Å². The van der Waals surface area contributed by atoms with Crippen LogP contribution >= 0.6 is 11.6 Å². The summed E-state index contributed by atoms with van der Waals surface area (Å²) >= 11 is 6.70. The van der Waals surface area contributed by atoms with Gasteiger partial charge in [-0.15, -0.1) is 0 Å². The Morgan fingerprint density at radius 2 is 1.91 bits per heavy atom. The number of hydrogen-bond donors (Lipinski definition) is 2. The Balaban J connectivity index is 1.69. The normalized spacial score (nSPS) is 13.6. The van der Waals surface area contributed by atoms with Crippen LogP contribution in [-0.2, 0) is 9.59 Å². The minimum atomic E-state index is -0.627. The van der Waals surface area contributed by atoms with Gasteiger partial charge in [0.1, 0.15) is 12.4 Å². The van der Waals surface area contributed by atoms with Gasteiger partial charge in [-0.05, 0) is 59.2 Å². The summed E-state index contributed by atoms with van der Waals surface area (Å²) in [7, 11) is 0. The van der Waals surface area contributed by atoms with Crippen LogP contribution in [0.1, 0.15) is 5.56 Å². The number of halogens is 1. The number of aliphatic hydroxyl groups is 1. The van der Waals surface area contributed by atoms with Crippen LogP contribution in [0.15, 0.2) is 61.2 Å². The number of nitrogens with zero attached hydrogens (tertiary/aromatic N) is 2. The largest absolute Gasteiger partial charge is 0.508 e. The Morgan fingerprint density at radius 1 is 1.18 bits per heavy atom. The molecule has 0 spiro atoms. The monoisotopic (exact) mass is 464 g/mol. The van der Waals surface area contributed by atoms with Crippen LogP contribution < -0.4 is 4.90 Å². The first-order valence-electron chi connectivity index (χ1n) is 10.7. The van der Waals surface area contributed by atoms with Crippen molar-refractivity contribution in [3.05, 3.63) is 71.8 Å². The summed E-state index contributed by atoms with van der Waals surface area (Å²) in [5.74, 6) is -0.328. The SMILES string of the molecule is C=CC(=O)N1CC(CN(C(=O)CO)c2cc(Cl)c(-c3cc(O)cc4ccccc34)cc2C)C1. The maximum absolute atomic E-state index is 12.6. The van der Waals surface area contributed by atoms with Crippen LogP contribution in [-0.4, -0.2) is 53.2 Å². The van der Waals surface area contributed by atoms with E-state index in [0.29, 0.717) is 30.3 Å². The average Bonchev–Trinajstić information content (AvgIpc) is 2.78. The molecule has 1 aliphatic rings. The Hall–Kier alpha value is -3.35. The van der Waals surface area contributed by atoms with Crippen molar-refractivity contribution >= 4 is 39.9 Å². The Labute approximate surface area is 197 Å². The molecular formula is C26H25ClN2O4. The summed E-state index contributed by atoms with van der Waals surface area (Å²) in [4.78, 5) is 27.5. The third kappa shape index (κ3) is 4.45. The van der Waals surface area contributed by atoms with Crippen molar-refractivity contribution in [2.45, 2.75) is 6.92 Å². The molecule has 170 valence electrons. The first-order chi connectivity index (χ1) is 15.8. The van der Waals surface area contributed by atoms with Gasteiger partial charge in [-0.25, -0.2) is 0 Å². The van der Waals surface area contributed by atoms with Crippen LogP contribution in [0, 0.1) is 12.8 Å². The molecule has 0 saturated carbocycles. The van der Waals surface area contributed by atoms with Crippen molar-refractivity contribution in [3.63, 3.8) is 0 Å². The van der Waals surface area contributed by atoms with Crippen LogP contribution in [0.5, 0.6) is 5.75 Å². The van der Waals surface area contributed by atoms with Gasteiger partial charge in [0.2, 0.25) is 5.91 Å². The second-order valence-electron chi connectivity index (χ2n) is 8.31. The Bertz CT molecular complexity index is 1250. The van der Waals surface area contributed by atoms with Gasteiger partial charge in [0.05, 0.1) is 5.02 Å². The highest BCUT2D eigenvalue weighted by Gasteiger charge is 2.33. The van der Waals surface area contributed by atoms with Crippen molar-refractivity contribution < 1.29 is 19.8 Å². The third-order valence-corrected chi connectivity index (χ3v) is 6.35. The average molecular weight is 465 g/mol. The topological polar surface area (TPSA) is 81.1 Å². The molecule has 1 saturated heterocycles. The Morgan fingerprint density at radius 3 is 2.61 bits per heavy atom. The lowest BCUT2D eigenvalue weighted by Crippen LogP contribution is -2.54. The first kappa shape index (κ1) is 22.8. The molecule has 6 nitrogen and oxygen atoms in total. The van der Waals surface area contributed by atoms with E-state index in [1.807, 2.05) is 37.3 Å². The van der Waals surface area contributed by atoms with Gasteiger partial charge in [0.15, 0.2) is 0 Å². The molecule has 0 aromatic heterocycles. The molecule has 1 fully saturated rings. The minimum absolute atomic E-state index is 0.0947. The number of benzene rings is 3. The van der Waals surface area contributed by atoms with Gasteiger partial charge in [-0.2, -0.15) is 0 Å². The standard InChI is InChI=1S/C26H25ClN2O4/c1-3-25(32)28-12-17(13-28)14-29(26(33)15-30)24-11-23(27)22(8-16(24)2)21-10-19(31)9-18-6-4-5-7-20(18)21/h3-11,17,30-31H,1,12-15H2,2H3. The molecule has 1 aliphatic heterocycles. The van der Waals surface area contributed by atoms with E-state index < -0.39 is 12.5 Å². The number of aromatic hydroxyl groups is 1. The van der Waals surface area contributed by atoms with E-state index in [9.17, 15) is 19.8 Å². The van der Waals surface area contributed by atoms with E-state index in [-0.39, 0.29) is 17.6 Å². The molecule has 0 radical (unpaired) electrons. The zero-order valence-electron chi connectivity index (χ0n) is 18.3. The number of fused-ring (bicyclic) bond motifs is 1. The molecule has 7 heteroatoms. The lowest BCUT2D eigenvalue weighted by atomic mass is 9.95. The van der Waals surface area contributed by atoms with Gasteiger partial charge in [0, 0.05) is 36.8 Å². The van der Waals surface area contributed by atoms with Gasteiger partial charge in [-0.3, -0.25) is 9.59 Å². The van der Waals surface area contributed by atoms with Crippen molar-refractivity contribution in [2.75, 3.05) is 31.1 Å². The number of amides is 2. The minimum Gasteiger partial charge on any atom is -0.508 e. The number of aryl methyl sites for hydroxylation is 1. The van der Waals surface area contributed by atoms with Gasteiger partial charge in [-0.1, -0.05) is 42.4 Å². The number of anilines is 1. The fraction of sp³-hybridized carbons (Fsp3) is 0.231. The number of rotatable bonds is 6. The lowest BCUT2D eigenvalue weighted by Gasteiger charge is -2.41. The molecule has 0 aliphatic carbocycles. The number of carbonyl (C=O) groups excluding carboxylic acids is 2. The molecule has 33 heavy (non-hydrogen) atoms. The predicted molar refractivity (Wildman–Crippen MR) is 131 cm³/mol. The number of likely N-dealkylation sites (tertiary alicyclic amines) is 1.